The van der Waals surface area contributed by atoms with Crippen LogP contribution < -0.4 is 4.90 Å². The van der Waals surface area contributed by atoms with Crippen LogP contribution in [0.5, 0.6) is 0 Å². The van der Waals surface area contributed by atoms with Gasteiger partial charge in [-0.3, -0.25) is 4.79 Å². The molecule has 5 nitrogen and oxygen atoms in total. The van der Waals surface area contributed by atoms with Gasteiger partial charge >= 0.3 is 0 Å². The average Bonchev–Trinajstić information content (AvgIpc) is 3.14. The van der Waals surface area contributed by atoms with Gasteiger partial charge in [0.25, 0.3) is 0 Å². The maximum Gasteiger partial charge on any atom is 0.227 e. The van der Waals surface area contributed by atoms with Crippen molar-refractivity contribution in [2.45, 2.75) is 20.4 Å². The lowest BCUT2D eigenvalue weighted by atomic mass is 9.96. The first kappa shape index (κ1) is 15.6. The number of carbonyl (C=O) groups excluding carboxylic acids is 1. The summed E-state index contributed by atoms with van der Waals surface area (Å²) in [4.78, 5) is 21.2. The highest BCUT2D eigenvalue weighted by Crippen LogP contribution is 2.28. The van der Waals surface area contributed by atoms with Crippen LogP contribution in [0.3, 0.4) is 0 Å². The molecule has 122 valence electrons. The Balaban J connectivity index is 1.66. The third-order valence-electron chi connectivity index (χ3n) is 4.65. The van der Waals surface area contributed by atoms with E-state index in [0.717, 1.165) is 30.2 Å². The minimum absolute atomic E-state index is 0.00853. The Labute approximate surface area is 136 Å². The second-order valence-electron chi connectivity index (χ2n) is 6.37. The summed E-state index contributed by atoms with van der Waals surface area (Å²) in [5, 5.41) is 0. The quantitative estimate of drug-likeness (QED) is 0.871. The number of hydrogen-bond acceptors (Lipinski definition) is 4. The van der Waals surface area contributed by atoms with Gasteiger partial charge < -0.3 is 14.2 Å². The molecule has 23 heavy (non-hydrogen) atoms. The van der Waals surface area contributed by atoms with Gasteiger partial charge in [0, 0.05) is 38.4 Å². The number of aryl methyl sites for hydroxylation is 1. The van der Waals surface area contributed by atoms with E-state index in [-0.39, 0.29) is 11.8 Å². The van der Waals surface area contributed by atoms with Crippen molar-refractivity contribution in [1.82, 2.24) is 9.88 Å². The monoisotopic (exact) mass is 313 g/mol. The van der Waals surface area contributed by atoms with Gasteiger partial charge in [-0.2, -0.15) is 0 Å². The van der Waals surface area contributed by atoms with Crippen LogP contribution >= 0.6 is 0 Å². The van der Waals surface area contributed by atoms with Crippen LogP contribution in [-0.4, -0.2) is 35.9 Å². The van der Waals surface area contributed by atoms with E-state index in [1.807, 2.05) is 38.2 Å². The zero-order valence-corrected chi connectivity index (χ0v) is 13.9. The third-order valence-corrected chi connectivity index (χ3v) is 4.65. The third kappa shape index (κ3) is 3.23. The predicted molar refractivity (Wildman–Crippen MR) is 89.0 cm³/mol. The maximum absolute atomic E-state index is 12.8. The van der Waals surface area contributed by atoms with E-state index >= 15 is 0 Å². The van der Waals surface area contributed by atoms with Crippen LogP contribution in [0.1, 0.15) is 18.2 Å². The number of carbonyl (C=O) groups is 1. The van der Waals surface area contributed by atoms with Gasteiger partial charge in [-0.25, -0.2) is 4.98 Å². The fourth-order valence-corrected chi connectivity index (χ4v) is 3.21. The number of pyridine rings is 1. The average molecular weight is 313 g/mol. The molecule has 0 saturated carbocycles. The summed E-state index contributed by atoms with van der Waals surface area (Å²) >= 11 is 0. The van der Waals surface area contributed by atoms with Crippen molar-refractivity contribution in [2.75, 3.05) is 25.0 Å². The molecule has 1 saturated heterocycles. The van der Waals surface area contributed by atoms with Crippen molar-refractivity contribution in [3.05, 3.63) is 48.0 Å². The van der Waals surface area contributed by atoms with E-state index < -0.39 is 0 Å². The summed E-state index contributed by atoms with van der Waals surface area (Å²) in [6, 6.07) is 7.82. The summed E-state index contributed by atoms with van der Waals surface area (Å²) in [7, 11) is 1.87. The van der Waals surface area contributed by atoms with Crippen LogP contribution in [0.15, 0.2) is 41.1 Å². The number of hydrogen-bond donors (Lipinski definition) is 0. The summed E-state index contributed by atoms with van der Waals surface area (Å²) in [5.41, 5.74) is 1.06. The molecule has 1 aliphatic heterocycles. The molecule has 0 radical (unpaired) electrons. The molecular formula is C18H23N3O2. The van der Waals surface area contributed by atoms with Gasteiger partial charge in [-0.1, -0.05) is 13.0 Å². The zero-order valence-electron chi connectivity index (χ0n) is 13.9. The molecule has 1 amide bonds. The highest BCUT2D eigenvalue weighted by Gasteiger charge is 2.36. The summed E-state index contributed by atoms with van der Waals surface area (Å²) in [5.74, 6) is 2.34. The Bertz CT molecular complexity index is 668. The topological polar surface area (TPSA) is 49.6 Å². The van der Waals surface area contributed by atoms with E-state index in [1.165, 1.54) is 0 Å². The molecule has 5 heteroatoms. The van der Waals surface area contributed by atoms with Crippen LogP contribution in [0, 0.1) is 18.8 Å². The molecule has 0 bridgehead atoms. The van der Waals surface area contributed by atoms with Crippen LogP contribution in [0.2, 0.25) is 0 Å². The Kier molecular flexibility index (Phi) is 4.37. The lowest BCUT2D eigenvalue weighted by Gasteiger charge is -2.23. The lowest BCUT2D eigenvalue weighted by Crippen LogP contribution is -2.36. The van der Waals surface area contributed by atoms with Crippen molar-refractivity contribution in [1.29, 1.82) is 0 Å². The van der Waals surface area contributed by atoms with Crippen molar-refractivity contribution >= 4 is 11.7 Å². The molecular weight excluding hydrogens is 290 g/mol. The van der Waals surface area contributed by atoms with Gasteiger partial charge in [0.15, 0.2) is 0 Å². The molecule has 3 rings (SSSR count). The van der Waals surface area contributed by atoms with Crippen molar-refractivity contribution in [2.24, 2.45) is 11.8 Å². The normalized spacial score (nSPS) is 20.7. The molecule has 0 spiro atoms. The van der Waals surface area contributed by atoms with E-state index in [9.17, 15) is 4.79 Å². The van der Waals surface area contributed by atoms with Crippen molar-refractivity contribution in [3.8, 4) is 0 Å². The number of aromatic nitrogens is 1. The molecule has 1 aliphatic rings. The first-order valence-electron chi connectivity index (χ1n) is 8.00. The predicted octanol–water partition coefficient (Wildman–Crippen LogP) is 2.71. The second kappa shape index (κ2) is 6.44. The molecule has 0 unspecified atom stereocenters. The Morgan fingerprint density at radius 3 is 2.87 bits per heavy atom. The van der Waals surface area contributed by atoms with Crippen molar-refractivity contribution in [3.63, 3.8) is 0 Å². The van der Waals surface area contributed by atoms with E-state index in [2.05, 4.69) is 16.8 Å². The molecule has 0 aliphatic carbocycles. The minimum atomic E-state index is 0.00853. The minimum Gasteiger partial charge on any atom is -0.469 e. The summed E-state index contributed by atoms with van der Waals surface area (Å²) < 4.78 is 5.31. The Morgan fingerprint density at radius 2 is 2.22 bits per heavy atom. The molecule has 2 aromatic rings. The first-order valence-corrected chi connectivity index (χ1v) is 8.00. The molecule has 0 N–H and O–H groups in total. The number of amides is 1. The maximum atomic E-state index is 12.8. The number of rotatable bonds is 4. The first-order chi connectivity index (χ1) is 11.1. The van der Waals surface area contributed by atoms with Gasteiger partial charge in [0.1, 0.15) is 11.6 Å². The standard InChI is InChI=1S/C18H23N3O2/c1-13-10-21(17-6-4-5-8-19-17)12-16(13)18(22)20(3)11-15-7-9-23-14(15)2/h4-9,13,16H,10-12H2,1-3H3/t13-,16-/m1/s1. The van der Waals surface area contributed by atoms with Gasteiger partial charge in [0.05, 0.1) is 12.2 Å². The lowest BCUT2D eigenvalue weighted by molar-refractivity contribution is -0.135. The molecule has 0 aromatic carbocycles. The summed E-state index contributed by atoms with van der Waals surface area (Å²) in [6.07, 6.45) is 3.47. The van der Waals surface area contributed by atoms with Crippen LogP contribution in [0.25, 0.3) is 0 Å². The molecule has 1 fully saturated rings. The smallest absolute Gasteiger partial charge is 0.227 e. The fourth-order valence-electron chi connectivity index (χ4n) is 3.21. The van der Waals surface area contributed by atoms with Crippen LogP contribution in [-0.2, 0) is 11.3 Å². The van der Waals surface area contributed by atoms with E-state index in [4.69, 9.17) is 4.42 Å². The largest absolute Gasteiger partial charge is 0.469 e. The molecule has 2 aromatic heterocycles. The van der Waals surface area contributed by atoms with Gasteiger partial charge in [-0.05, 0) is 31.0 Å². The highest BCUT2D eigenvalue weighted by molar-refractivity contribution is 5.80. The SMILES string of the molecule is Cc1occc1CN(C)C(=O)[C@@H]1CN(c2ccccn2)C[C@H]1C. The summed E-state index contributed by atoms with van der Waals surface area (Å²) in [6.45, 7) is 6.25. The molecule has 3 heterocycles. The number of anilines is 1. The zero-order chi connectivity index (χ0) is 16.4. The van der Waals surface area contributed by atoms with Gasteiger partial charge in [0.2, 0.25) is 5.91 Å². The number of nitrogens with zero attached hydrogens (tertiary/aromatic N) is 3. The van der Waals surface area contributed by atoms with Crippen molar-refractivity contribution < 1.29 is 9.21 Å². The molecule has 2 atom stereocenters. The fraction of sp³-hybridized carbons (Fsp3) is 0.444. The Hall–Kier alpha value is -2.30. The van der Waals surface area contributed by atoms with E-state index in [1.54, 1.807) is 17.4 Å². The highest BCUT2D eigenvalue weighted by atomic mass is 16.3. The van der Waals surface area contributed by atoms with E-state index in [0.29, 0.717) is 12.5 Å². The Morgan fingerprint density at radius 1 is 1.39 bits per heavy atom. The number of furan rings is 1. The van der Waals surface area contributed by atoms with Crippen LogP contribution in [0.4, 0.5) is 5.82 Å². The van der Waals surface area contributed by atoms with Gasteiger partial charge in [-0.15, -0.1) is 0 Å². The second-order valence-corrected chi connectivity index (χ2v) is 6.37.